The van der Waals surface area contributed by atoms with Crippen LogP contribution in [-0.4, -0.2) is 0 Å². The van der Waals surface area contributed by atoms with Gasteiger partial charge in [-0.15, -0.1) is 0 Å². The van der Waals surface area contributed by atoms with Gasteiger partial charge in [0.2, 0.25) is 0 Å². The third-order valence-electron chi connectivity index (χ3n) is 12.1. The molecule has 0 saturated carbocycles. The predicted octanol–water partition coefficient (Wildman–Crippen LogP) is 16.0. The second kappa shape index (κ2) is 12.5. The average Bonchev–Trinajstić information content (AvgIpc) is 3.28. The standard InChI is InChI=1S/C56H35N/c1-2-10-36(11-3-1)37-22-24-38(25-23-37)39-30-32-45(33-31-39)57(52-21-9-13-40-12-4-5-17-47(40)52)46-34-44-29-28-43-15-7-19-49-48-18-6-14-41-26-27-42-16-8-20-50(55(42)53(41)48)51(35-46)56(44)54(43)49/h1-35H. The van der Waals surface area contributed by atoms with E-state index in [4.69, 9.17) is 0 Å². The van der Waals surface area contributed by atoms with Crippen molar-refractivity contribution in [2.24, 2.45) is 0 Å². The number of anilines is 3. The summed E-state index contributed by atoms with van der Waals surface area (Å²) in [6, 6.07) is 78.5. The Morgan fingerprint density at radius 1 is 0.228 bits per heavy atom. The fourth-order valence-electron chi connectivity index (χ4n) is 9.52. The number of hydrogen-bond donors (Lipinski definition) is 0. The molecule has 0 amide bonds. The summed E-state index contributed by atoms with van der Waals surface area (Å²) in [6.45, 7) is 0. The van der Waals surface area contributed by atoms with E-state index in [2.05, 4.69) is 217 Å². The normalized spacial score (nSPS) is 11.9. The molecule has 0 aromatic heterocycles. The van der Waals surface area contributed by atoms with Crippen molar-refractivity contribution in [3.05, 3.63) is 212 Å². The fraction of sp³-hybridized carbons (Fsp3) is 0. The van der Waals surface area contributed by atoms with E-state index in [9.17, 15) is 0 Å². The molecule has 0 spiro atoms. The van der Waals surface area contributed by atoms with Gasteiger partial charge in [0, 0.05) is 16.8 Å². The Kier molecular flexibility index (Phi) is 7.00. The first-order valence-electron chi connectivity index (χ1n) is 19.8. The summed E-state index contributed by atoms with van der Waals surface area (Å²) in [5.41, 5.74) is 8.23. The molecule has 12 rings (SSSR count). The van der Waals surface area contributed by atoms with E-state index in [1.165, 1.54) is 97.7 Å². The lowest BCUT2D eigenvalue weighted by atomic mass is 9.87. The highest BCUT2D eigenvalue weighted by Gasteiger charge is 2.20. The van der Waals surface area contributed by atoms with Crippen LogP contribution in [0, 0.1) is 0 Å². The summed E-state index contributed by atoms with van der Waals surface area (Å²) < 4.78 is 0. The number of fused-ring (bicyclic) bond motifs is 3. The van der Waals surface area contributed by atoms with Crippen LogP contribution in [0.3, 0.4) is 0 Å². The molecular formula is C56H35N. The quantitative estimate of drug-likeness (QED) is 0.160. The van der Waals surface area contributed by atoms with Crippen molar-refractivity contribution in [3.8, 4) is 22.3 Å². The second-order valence-electron chi connectivity index (χ2n) is 15.3. The van der Waals surface area contributed by atoms with Gasteiger partial charge in [0.1, 0.15) is 0 Å². The van der Waals surface area contributed by atoms with Crippen molar-refractivity contribution >= 4 is 92.5 Å². The number of hydrogen-bond acceptors (Lipinski definition) is 1. The van der Waals surface area contributed by atoms with Gasteiger partial charge in [-0.1, -0.05) is 182 Å². The minimum Gasteiger partial charge on any atom is -0.310 e. The summed E-state index contributed by atoms with van der Waals surface area (Å²) in [7, 11) is 0. The summed E-state index contributed by atoms with van der Waals surface area (Å²) in [5, 5.41) is 17.8. The van der Waals surface area contributed by atoms with Gasteiger partial charge in [0.15, 0.2) is 0 Å². The molecule has 0 heterocycles. The maximum Gasteiger partial charge on any atom is 0.0540 e. The zero-order valence-corrected chi connectivity index (χ0v) is 31.2. The van der Waals surface area contributed by atoms with Crippen LogP contribution in [0.4, 0.5) is 17.1 Å². The zero-order chi connectivity index (χ0) is 37.5. The first-order chi connectivity index (χ1) is 28.3. The molecule has 0 aliphatic rings. The van der Waals surface area contributed by atoms with E-state index in [1.807, 2.05) is 0 Å². The van der Waals surface area contributed by atoms with Crippen LogP contribution in [0.2, 0.25) is 0 Å². The monoisotopic (exact) mass is 721 g/mol. The van der Waals surface area contributed by atoms with Gasteiger partial charge in [0.05, 0.1) is 5.69 Å². The van der Waals surface area contributed by atoms with Crippen LogP contribution >= 0.6 is 0 Å². The highest BCUT2D eigenvalue weighted by Crippen LogP contribution is 2.47. The summed E-state index contributed by atoms with van der Waals surface area (Å²) >= 11 is 0. The summed E-state index contributed by atoms with van der Waals surface area (Å²) in [6.07, 6.45) is 0. The predicted molar refractivity (Wildman–Crippen MR) is 246 cm³/mol. The van der Waals surface area contributed by atoms with Crippen LogP contribution in [0.15, 0.2) is 212 Å². The highest BCUT2D eigenvalue weighted by atomic mass is 15.1. The third-order valence-corrected chi connectivity index (χ3v) is 12.1. The van der Waals surface area contributed by atoms with Gasteiger partial charge in [-0.3, -0.25) is 0 Å². The maximum absolute atomic E-state index is 2.46. The molecular weight excluding hydrogens is 687 g/mol. The van der Waals surface area contributed by atoms with Crippen LogP contribution in [-0.2, 0) is 0 Å². The molecule has 264 valence electrons. The van der Waals surface area contributed by atoms with E-state index < -0.39 is 0 Å². The number of rotatable bonds is 5. The van der Waals surface area contributed by atoms with Crippen LogP contribution in [0.25, 0.3) is 97.7 Å². The highest BCUT2D eigenvalue weighted by molar-refractivity contribution is 6.37. The first-order valence-corrected chi connectivity index (χ1v) is 19.8. The van der Waals surface area contributed by atoms with Crippen molar-refractivity contribution in [2.75, 3.05) is 4.90 Å². The van der Waals surface area contributed by atoms with Crippen molar-refractivity contribution in [1.82, 2.24) is 0 Å². The molecule has 57 heavy (non-hydrogen) atoms. The van der Waals surface area contributed by atoms with Crippen molar-refractivity contribution < 1.29 is 0 Å². The van der Waals surface area contributed by atoms with Crippen LogP contribution in [0.1, 0.15) is 0 Å². The van der Waals surface area contributed by atoms with Gasteiger partial charge in [-0.25, -0.2) is 0 Å². The molecule has 12 aromatic rings. The molecule has 0 atom stereocenters. The van der Waals surface area contributed by atoms with Crippen LogP contribution < -0.4 is 4.90 Å². The second-order valence-corrected chi connectivity index (χ2v) is 15.3. The molecule has 0 N–H and O–H groups in total. The molecule has 1 heteroatoms. The first kappa shape index (κ1) is 31.8. The Morgan fingerprint density at radius 3 is 1.26 bits per heavy atom. The smallest absolute Gasteiger partial charge is 0.0540 e. The van der Waals surface area contributed by atoms with Crippen molar-refractivity contribution in [2.45, 2.75) is 0 Å². The SMILES string of the molecule is c1ccc(-c2ccc(-c3ccc(N(c4cc5ccc6cccc7c8cccc9ccc%10cccc(c(c4)c5c67)c%10c98)c4cccc5ccccc45)cc3)cc2)cc1. The molecule has 0 saturated heterocycles. The molecule has 0 aliphatic heterocycles. The Morgan fingerprint density at radius 2 is 0.649 bits per heavy atom. The minimum atomic E-state index is 1.11. The molecule has 1 nitrogen and oxygen atoms in total. The number of benzene rings is 11. The molecule has 0 unspecified atom stereocenters. The lowest BCUT2D eigenvalue weighted by Gasteiger charge is -2.28. The maximum atomic E-state index is 2.46. The van der Waals surface area contributed by atoms with Gasteiger partial charge in [-0.05, 0) is 123 Å². The molecule has 0 radical (unpaired) electrons. The van der Waals surface area contributed by atoms with E-state index in [1.54, 1.807) is 0 Å². The van der Waals surface area contributed by atoms with Gasteiger partial charge in [0.25, 0.3) is 0 Å². The van der Waals surface area contributed by atoms with E-state index in [0.717, 1.165) is 17.1 Å². The zero-order valence-electron chi connectivity index (χ0n) is 31.2. The molecule has 0 aliphatic carbocycles. The van der Waals surface area contributed by atoms with Gasteiger partial charge < -0.3 is 4.90 Å². The summed E-state index contributed by atoms with van der Waals surface area (Å²) in [5.74, 6) is 0. The van der Waals surface area contributed by atoms with E-state index in [0.29, 0.717) is 0 Å². The number of nitrogens with zero attached hydrogens (tertiary/aromatic N) is 1. The minimum absolute atomic E-state index is 1.11. The van der Waals surface area contributed by atoms with Crippen LogP contribution in [0.5, 0.6) is 0 Å². The lowest BCUT2D eigenvalue weighted by molar-refractivity contribution is 1.31. The van der Waals surface area contributed by atoms with Gasteiger partial charge in [-0.2, -0.15) is 0 Å². The largest absolute Gasteiger partial charge is 0.310 e. The fourth-order valence-corrected chi connectivity index (χ4v) is 9.52. The van der Waals surface area contributed by atoms with E-state index in [-0.39, 0.29) is 0 Å². The Balaban J connectivity index is 1.13. The third kappa shape index (κ3) is 4.96. The topological polar surface area (TPSA) is 3.24 Å². The molecule has 0 bridgehead atoms. The average molecular weight is 722 g/mol. The Bertz CT molecular complexity index is 3480. The summed E-state index contributed by atoms with van der Waals surface area (Å²) in [4.78, 5) is 2.46. The molecule has 0 fully saturated rings. The lowest BCUT2D eigenvalue weighted by Crippen LogP contribution is -2.10. The Hall–Kier alpha value is -7.48. The Labute approximate surface area is 330 Å². The van der Waals surface area contributed by atoms with E-state index >= 15 is 0 Å². The van der Waals surface area contributed by atoms with Crippen molar-refractivity contribution in [3.63, 3.8) is 0 Å². The van der Waals surface area contributed by atoms with Crippen molar-refractivity contribution in [1.29, 1.82) is 0 Å². The molecule has 12 aromatic carbocycles. The van der Waals surface area contributed by atoms with Gasteiger partial charge >= 0.3 is 0 Å².